The van der Waals surface area contributed by atoms with Crippen molar-refractivity contribution in [2.45, 2.75) is 39.5 Å². The van der Waals surface area contributed by atoms with Gasteiger partial charge in [-0.15, -0.1) is 0 Å². The lowest BCUT2D eigenvalue weighted by molar-refractivity contribution is 0.0696. The minimum atomic E-state index is -0.885. The summed E-state index contributed by atoms with van der Waals surface area (Å²) in [6.45, 7) is 6.76. The number of carbonyl (C=O) groups is 1. The molecule has 2 aliphatic rings. The first-order chi connectivity index (χ1) is 17.9. The van der Waals surface area contributed by atoms with Crippen LogP contribution in [0.4, 0.5) is 4.39 Å². The van der Waals surface area contributed by atoms with Gasteiger partial charge < -0.3 is 5.11 Å². The Labute approximate surface area is 219 Å². The predicted octanol–water partition coefficient (Wildman–Crippen LogP) is 7.36. The average Bonchev–Trinajstić information content (AvgIpc) is 3.06. The third-order valence-electron chi connectivity index (χ3n) is 7.76. The molecule has 5 rings (SSSR count). The van der Waals surface area contributed by atoms with Gasteiger partial charge in [0.15, 0.2) is 0 Å². The number of aryl methyl sites for hydroxylation is 2. The van der Waals surface area contributed by atoms with Crippen molar-refractivity contribution in [1.82, 2.24) is 4.90 Å². The number of carboxylic acid groups (broad SMARTS) is 1. The monoisotopic (exact) mass is 495 g/mol. The Kier molecular flexibility index (Phi) is 7.38. The van der Waals surface area contributed by atoms with Gasteiger partial charge in [-0.25, -0.2) is 4.79 Å². The van der Waals surface area contributed by atoms with Crippen molar-refractivity contribution in [3.05, 3.63) is 111 Å². The average molecular weight is 496 g/mol. The molecule has 0 amide bonds. The van der Waals surface area contributed by atoms with Gasteiger partial charge in [0.2, 0.25) is 0 Å². The highest BCUT2D eigenvalue weighted by Gasteiger charge is 2.23. The first-order valence-corrected chi connectivity index (χ1v) is 13.2. The summed E-state index contributed by atoms with van der Waals surface area (Å²) in [7, 11) is 0. The van der Waals surface area contributed by atoms with Crippen molar-refractivity contribution in [1.29, 1.82) is 0 Å². The molecule has 3 aromatic rings. The minimum Gasteiger partial charge on any atom is -0.478 e. The highest BCUT2D eigenvalue weighted by atomic mass is 19.1. The number of hydrogen-bond acceptors (Lipinski definition) is 2. The van der Waals surface area contributed by atoms with Crippen LogP contribution in [0.25, 0.3) is 17.2 Å². The molecule has 0 atom stereocenters. The van der Waals surface area contributed by atoms with Gasteiger partial charge >= 0.3 is 5.97 Å². The number of carboxylic acids is 1. The van der Waals surface area contributed by atoms with Crippen LogP contribution in [0, 0.1) is 13.8 Å². The topological polar surface area (TPSA) is 40.5 Å². The lowest BCUT2D eigenvalue weighted by atomic mass is 9.85. The number of rotatable bonds is 7. The SMILES string of the molecule is Cc1cccc(C2=C(c3ccc(C=C4CN(CCCF)C4)cc3)c3ccc(C(=O)O)cc3CCC2)c1C. The van der Waals surface area contributed by atoms with Gasteiger partial charge in [0, 0.05) is 19.6 Å². The smallest absolute Gasteiger partial charge is 0.335 e. The first kappa shape index (κ1) is 25.2. The Balaban J connectivity index is 1.56. The summed E-state index contributed by atoms with van der Waals surface area (Å²) in [5.74, 6) is -0.885. The van der Waals surface area contributed by atoms with Gasteiger partial charge in [0.25, 0.3) is 0 Å². The van der Waals surface area contributed by atoms with E-state index in [1.807, 2.05) is 12.1 Å². The van der Waals surface area contributed by atoms with E-state index in [1.165, 1.54) is 39.0 Å². The number of aromatic carboxylic acids is 1. The van der Waals surface area contributed by atoms with Crippen molar-refractivity contribution in [3.8, 4) is 0 Å². The number of alkyl halides is 1. The third kappa shape index (κ3) is 5.30. The number of allylic oxidation sites excluding steroid dienone is 1. The molecule has 37 heavy (non-hydrogen) atoms. The van der Waals surface area contributed by atoms with E-state index in [-0.39, 0.29) is 6.67 Å². The first-order valence-electron chi connectivity index (χ1n) is 13.2. The van der Waals surface area contributed by atoms with E-state index in [4.69, 9.17) is 0 Å². The number of halogens is 1. The maximum Gasteiger partial charge on any atom is 0.335 e. The molecule has 1 saturated heterocycles. The van der Waals surface area contributed by atoms with E-state index in [0.29, 0.717) is 12.0 Å². The number of fused-ring (bicyclic) bond motifs is 1. The van der Waals surface area contributed by atoms with E-state index in [1.54, 1.807) is 6.07 Å². The van der Waals surface area contributed by atoms with Crippen molar-refractivity contribution in [2.24, 2.45) is 0 Å². The molecule has 1 aliphatic carbocycles. The molecular formula is C33H34FNO2. The predicted molar refractivity (Wildman–Crippen MR) is 150 cm³/mol. The van der Waals surface area contributed by atoms with Crippen molar-refractivity contribution >= 4 is 23.2 Å². The second kappa shape index (κ2) is 10.9. The van der Waals surface area contributed by atoms with Gasteiger partial charge in [-0.1, -0.05) is 54.6 Å². The molecule has 190 valence electrons. The molecule has 3 aromatic carbocycles. The molecule has 3 nitrogen and oxygen atoms in total. The van der Waals surface area contributed by atoms with E-state index >= 15 is 0 Å². The maximum absolute atomic E-state index is 12.4. The summed E-state index contributed by atoms with van der Waals surface area (Å²) in [6.07, 6.45) is 5.63. The van der Waals surface area contributed by atoms with Crippen LogP contribution in [-0.2, 0) is 6.42 Å². The zero-order valence-corrected chi connectivity index (χ0v) is 21.7. The summed E-state index contributed by atoms with van der Waals surface area (Å²) >= 11 is 0. The summed E-state index contributed by atoms with van der Waals surface area (Å²) in [4.78, 5) is 14.0. The number of nitrogens with zero attached hydrogens (tertiary/aromatic N) is 1. The summed E-state index contributed by atoms with van der Waals surface area (Å²) in [5.41, 5.74) is 12.7. The molecule has 1 aliphatic heterocycles. The largest absolute Gasteiger partial charge is 0.478 e. The maximum atomic E-state index is 12.4. The van der Waals surface area contributed by atoms with Crippen LogP contribution in [0.2, 0.25) is 0 Å². The quantitative estimate of drug-likeness (QED) is 0.372. The molecule has 0 saturated carbocycles. The molecule has 0 unspecified atom stereocenters. The van der Waals surface area contributed by atoms with Gasteiger partial charge in [-0.05, 0) is 107 Å². The van der Waals surface area contributed by atoms with Crippen LogP contribution in [0.5, 0.6) is 0 Å². The van der Waals surface area contributed by atoms with E-state index < -0.39 is 5.97 Å². The molecule has 0 radical (unpaired) electrons. The number of hydrogen-bond donors (Lipinski definition) is 1. The van der Waals surface area contributed by atoms with Gasteiger partial charge in [-0.2, -0.15) is 0 Å². The van der Waals surface area contributed by atoms with Crippen LogP contribution in [0.1, 0.15) is 68.6 Å². The fourth-order valence-electron chi connectivity index (χ4n) is 5.64. The molecular weight excluding hydrogens is 461 g/mol. The summed E-state index contributed by atoms with van der Waals surface area (Å²) in [6, 6.07) is 20.9. The normalized spacial score (nSPS) is 15.7. The molecule has 4 heteroatoms. The third-order valence-corrected chi connectivity index (χ3v) is 7.76. The molecule has 0 spiro atoms. The van der Waals surface area contributed by atoms with E-state index in [9.17, 15) is 14.3 Å². The Bertz CT molecular complexity index is 1380. The number of benzene rings is 3. The highest BCUT2D eigenvalue weighted by Crippen LogP contribution is 2.41. The Morgan fingerprint density at radius 3 is 2.51 bits per heavy atom. The second-order valence-electron chi connectivity index (χ2n) is 10.3. The van der Waals surface area contributed by atoms with Gasteiger partial charge in [0.05, 0.1) is 12.2 Å². The standard InChI is InChI=1S/C33H34FNO2/c1-22-6-3-8-29(23(22)2)31-9-4-7-27-19-28(33(36)37)14-15-30(27)32(31)26-12-10-24(11-13-26)18-25-20-35(21-25)17-5-16-34/h3,6,8,10-15,18-19H,4-5,7,9,16-17,20-21H2,1-2H3,(H,36,37). The zero-order chi connectivity index (χ0) is 25.9. The lowest BCUT2D eigenvalue weighted by Crippen LogP contribution is -2.40. The molecule has 0 aromatic heterocycles. The van der Waals surface area contributed by atoms with Gasteiger partial charge in [-0.3, -0.25) is 9.29 Å². The highest BCUT2D eigenvalue weighted by molar-refractivity contribution is 6.01. The lowest BCUT2D eigenvalue weighted by Gasteiger charge is -2.33. The van der Waals surface area contributed by atoms with Crippen molar-refractivity contribution < 1.29 is 14.3 Å². The van der Waals surface area contributed by atoms with Crippen molar-refractivity contribution in [2.75, 3.05) is 26.3 Å². The Morgan fingerprint density at radius 2 is 1.78 bits per heavy atom. The van der Waals surface area contributed by atoms with Crippen molar-refractivity contribution in [3.63, 3.8) is 0 Å². The van der Waals surface area contributed by atoms with Crippen LogP contribution in [0.3, 0.4) is 0 Å². The van der Waals surface area contributed by atoms with Crippen LogP contribution < -0.4 is 0 Å². The Hall–Kier alpha value is -3.50. The fourth-order valence-corrected chi connectivity index (χ4v) is 5.64. The van der Waals surface area contributed by atoms with Crippen LogP contribution in [0.15, 0.2) is 66.2 Å². The Morgan fingerprint density at radius 1 is 1.00 bits per heavy atom. The molecule has 1 N–H and O–H groups in total. The van der Waals surface area contributed by atoms with E-state index in [0.717, 1.165) is 55.6 Å². The van der Waals surface area contributed by atoms with Gasteiger partial charge in [0.1, 0.15) is 0 Å². The van der Waals surface area contributed by atoms with Crippen LogP contribution in [-0.4, -0.2) is 42.3 Å². The fraction of sp³-hybridized carbons (Fsp3) is 0.303. The van der Waals surface area contributed by atoms with E-state index in [2.05, 4.69) is 67.3 Å². The zero-order valence-electron chi connectivity index (χ0n) is 21.7. The summed E-state index contributed by atoms with van der Waals surface area (Å²) < 4.78 is 12.4. The molecule has 0 bridgehead atoms. The number of likely N-dealkylation sites (tertiary alicyclic amines) is 1. The van der Waals surface area contributed by atoms with Crippen LogP contribution >= 0.6 is 0 Å². The summed E-state index contributed by atoms with van der Waals surface area (Å²) in [5, 5.41) is 9.59. The second-order valence-corrected chi connectivity index (χ2v) is 10.3. The molecule has 1 heterocycles. The minimum absolute atomic E-state index is 0.252. The molecule has 1 fully saturated rings.